The summed E-state index contributed by atoms with van der Waals surface area (Å²) >= 11 is 0. The molecule has 1 saturated carbocycles. The normalized spacial score (nSPS) is 19.7. The van der Waals surface area contributed by atoms with Crippen LogP contribution >= 0.6 is 0 Å². The summed E-state index contributed by atoms with van der Waals surface area (Å²) in [5.41, 5.74) is 0.0382. The highest BCUT2D eigenvalue weighted by atomic mass is 19.1. The van der Waals surface area contributed by atoms with E-state index in [0.29, 0.717) is 5.52 Å². The third-order valence-electron chi connectivity index (χ3n) is 5.19. The summed E-state index contributed by atoms with van der Waals surface area (Å²) in [7, 11) is 3.43. The molecule has 1 aliphatic carbocycles. The van der Waals surface area contributed by atoms with Crippen LogP contribution in [0.4, 0.5) is 15.0 Å². The molecule has 1 N–H and O–H groups in total. The van der Waals surface area contributed by atoms with E-state index in [4.69, 9.17) is 9.47 Å². The van der Waals surface area contributed by atoms with Crippen LogP contribution in [-0.4, -0.2) is 47.9 Å². The summed E-state index contributed by atoms with van der Waals surface area (Å²) in [6.07, 6.45) is 4.60. The Balaban J connectivity index is 1.68. The standard InChI is InChI=1S/C21H29FN4O3/c1-21(2,3)29-20(27)25-13-6-8-14(9-7-13)26(4)19-15-10-18(28-5)16(22)11-17(15)23-12-24-19/h10-14H,6-9H2,1-5H3,(H,25,27). The molecule has 29 heavy (non-hydrogen) atoms. The number of hydrogen-bond donors (Lipinski definition) is 1. The summed E-state index contributed by atoms with van der Waals surface area (Å²) < 4.78 is 24.5. The number of amides is 1. The number of methoxy groups -OCH3 is 1. The first-order valence-electron chi connectivity index (χ1n) is 9.88. The van der Waals surface area contributed by atoms with E-state index in [0.717, 1.165) is 36.9 Å². The molecular formula is C21H29FN4O3. The van der Waals surface area contributed by atoms with Gasteiger partial charge in [0.25, 0.3) is 0 Å². The third kappa shape index (κ3) is 5.05. The van der Waals surface area contributed by atoms with Gasteiger partial charge >= 0.3 is 6.09 Å². The lowest BCUT2D eigenvalue weighted by atomic mass is 9.90. The molecule has 1 heterocycles. The summed E-state index contributed by atoms with van der Waals surface area (Å²) in [5.74, 6) is 0.477. The first-order chi connectivity index (χ1) is 13.7. The lowest BCUT2D eigenvalue weighted by Gasteiger charge is -2.36. The minimum Gasteiger partial charge on any atom is -0.494 e. The van der Waals surface area contributed by atoms with Crippen molar-refractivity contribution in [3.8, 4) is 5.75 Å². The molecule has 1 aliphatic rings. The number of aromatic nitrogens is 2. The molecule has 1 amide bonds. The molecule has 0 radical (unpaired) electrons. The van der Waals surface area contributed by atoms with Crippen molar-refractivity contribution >= 4 is 22.8 Å². The number of carbonyl (C=O) groups excluding carboxylic acids is 1. The maximum Gasteiger partial charge on any atom is 0.407 e. The van der Waals surface area contributed by atoms with Gasteiger partial charge in [0.15, 0.2) is 11.6 Å². The van der Waals surface area contributed by atoms with Gasteiger partial charge in [0, 0.05) is 30.6 Å². The quantitative estimate of drug-likeness (QED) is 0.829. The maximum atomic E-state index is 14.0. The van der Waals surface area contributed by atoms with Gasteiger partial charge in [-0.05, 0) is 52.5 Å². The molecule has 8 heteroatoms. The number of fused-ring (bicyclic) bond motifs is 1. The Morgan fingerprint density at radius 2 is 1.90 bits per heavy atom. The van der Waals surface area contributed by atoms with Crippen molar-refractivity contribution in [1.82, 2.24) is 15.3 Å². The fourth-order valence-corrected chi connectivity index (χ4v) is 3.74. The highest BCUT2D eigenvalue weighted by molar-refractivity contribution is 5.90. The zero-order valence-electron chi connectivity index (χ0n) is 17.7. The smallest absolute Gasteiger partial charge is 0.407 e. The van der Waals surface area contributed by atoms with Gasteiger partial charge in [-0.25, -0.2) is 19.2 Å². The van der Waals surface area contributed by atoms with Crippen molar-refractivity contribution in [2.24, 2.45) is 0 Å². The molecular weight excluding hydrogens is 375 g/mol. The third-order valence-corrected chi connectivity index (χ3v) is 5.19. The van der Waals surface area contributed by atoms with Crippen molar-refractivity contribution in [2.75, 3.05) is 19.1 Å². The number of ether oxygens (including phenoxy) is 2. The Labute approximate surface area is 170 Å². The first kappa shape index (κ1) is 21.1. The fourth-order valence-electron chi connectivity index (χ4n) is 3.74. The van der Waals surface area contributed by atoms with Crippen molar-refractivity contribution < 1.29 is 18.7 Å². The Kier molecular flexibility index (Phi) is 6.10. The summed E-state index contributed by atoms with van der Waals surface area (Å²) in [4.78, 5) is 22.7. The zero-order valence-corrected chi connectivity index (χ0v) is 17.7. The van der Waals surface area contributed by atoms with Gasteiger partial charge < -0.3 is 19.7 Å². The molecule has 1 aromatic heterocycles. The van der Waals surface area contributed by atoms with Crippen molar-refractivity contribution in [3.05, 3.63) is 24.3 Å². The molecule has 0 unspecified atom stereocenters. The van der Waals surface area contributed by atoms with E-state index in [-0.39, 0.29) is 23.9 Å². The van der Waals surface area contributed by atoms with Gasteiger partial charge in [-0.15, -0.1) is 0 Å². The van der Waals surface area contributed by atoms with Crippen molar-refractivity contribution in [3.63, 3.8) is 0 Å². The predicted molar refractivity (Wildman–Crippen MR) is 110 cm³/mol. The second kappa shape index (κ2) is 8.39. The molecule has 3 rings (SSSR count). The number of benzene rings is 1. The van der Waals surface area contributed by atoms with Gasteiger partial charge in [-0.2, -0.15) is 0 Å². The van der Waals surface area contributed by atoms with Crippen LogP contribution in [0.25, 0.3) is 10.9 Å². The van der Waals surface area contributed by atoms with Gasteiger partial charge in [0.1, 0.15) is 17.7 Å². The van der Waals surface area contributed by atoms with Crippen LogP contribution in [0.3, 0.4) is 0 Å². The molecule has 0 spiro atoms. The Hall–Kier alpha value is -2.64. The fraction of sp³-hybridized carbons (Fsp3) is 0.571. The highest BCUT2D eigenvalue weighted by Gasteiger charge is 2.28. The van der Waals surface area contributed by atoms with Crippen LogP contribution in [0.5, 0.6) is 5.75 Å². The predicted octanol–water partition coefficient (Wildman–Crippen LogP) is 4.05. The average molecular weight is 404 g/mol. The van der Waals surface area contributed by atoms with Gasteiger partial charge in [0.2, 0.25) is 0 Å². The number of carbonyl (C=O) groups is 1. The lowest BCUT2D eigenvalue weighted by molar-refractivity contribution is 0.0491. The molecule has 1 aromatic carbocycles. The molecule has 158 valence electrons. The number of hydrogen-bond acceptors (Lipinski definition) is 6. The number of nitrogens with one attached hydrogen (secondary N) is 1. The van der Waals surface area contributed by atoms with Crippen molar-refractivity contribution in [2.45, 2.75) is 64.1 Å². The van der Waals surface area contributed by atoms with E-state index < -0.39 is 11.4 Å². The van der Waals surface area contributed by atoms with E-state index in [2.05, 4.69) is 20.2 Å². The van der Waals surface area contributed by atoms with E-state index in [1.165, 1.54) is 19.5 Å². The summed E-state index contributed by atoms with van der Waals surface area (Å²) in [6, 6.07) is 3.38. The van der Waals surface area contributed by atoms with Crippen LogP contribution in [0.2, 0.25) is 0 Å². The van der Waals surface area contributed by atoms with Crippen LogP contribution < -0.4 is 15.0 Å². The van der Waals surface area contributed by atoms with E-state index in [1.807, 2.05) is 27.8 Å². The topological polar surface area (TPSA) is 76.6 Å². The van der Waals surface area contributed by atoms with Crippen LogP contribution in [-0.2, 0) is 4.74 Å². The number of nitrogens with zero attached hydrogens (tertiary/aromatic N) is 3. The van der Waals surface area contributed by atoms with Crippen LogP contribution in [0.15, 0.2) is 18.5 Å². The number of alkyl carbamates (subject to hydrolysis) is 1. The molecule has 0 atom stereocenters. The maximum absolute atomic E-state index is 14.0. The van der Waals surface area contributed by atoms with Crippen LogP contribution in [0, 0.1) is 5.82 Å². The van der Waals surface area contributed by atoms with Crippen LogP contribution in [0.1, 0.15) is 46.5 Å². The number of rotatable bonds is 4. The zero-order chi connectivity index (χ0) is 21.2. The minimum atomic E-state index is -0.504. The molecule has 2 aromatic rings. The van der Waals surface area contributed by atoms with Crippen molar-refractivity contribution in [1.29, 1.82) is 0 Å². The number of halogens is 1. The number of anilines is 1. The molecule has 0 saturated heterocycles. The minimum absolute atomic E-state index is 0.103. The average Bonchev–Trinajstić information content (AvgIpc) is 2.65. The largest absolute Gasteiger partial charge is 0.494 e. The second-order valence-corrected chi connectivity index (χ2v) is 8.46. The van der Waals surface area contributed by atoms with E-state index in [9.17, 15) is 9.18 Å². The lowest BCUT2D eigenvalue weighted by Crippen LogP contribution is -2.44. The van der Waals surface area contributed by atoms with E-state index in [1.54, 1.807) is 6.07 Å². The Bertz CT molecular complexity index is 876. The van der Waals surface area contributed by atoms with Gasteiger partial charge in [-0.3, -0.25) is 0 Å². The Morgan fingerprint density at radius 3 is 2.52 bits per heavy atom. The van der Waals surface area contributed by atoms with Gasteiger partial charge in [-0.1, -0.05) is 0 Å². The first-order valence-corrected chi connectivity index (χ1v) is 9.88. The van der Waals surface area contributed by atoms with Gasteiger partial charge in [0.05, 0.1) is 12.6 Å². The molecule has 0 aliphatic heterocycles. The SMILES string of the molecule is COc1cc2c(N(C)C3CCC(NC(=O)OC(C)(C)C)CC3)ncnc2cc1F. The second-order valence-electron chi connectivity index (χ2n) is 8.46. The van der Waals surface area contributed by atoms with E-state index >= 15 is 0 Å². The molecule has 1 fully saturated rings. The monoisotopic (exact) mass is 404 g/mol. The Morgan fingerprint density at radius 1 is 1.21 bits per heavy atom. The molecule has 0 bridgehead atoms. The highest BCUT2D eigenvalue weighted by Crippen LogP contribution is 2.32. The summed E-state index contributed by atoms with van der Waals surface area (Å²) in [6.45, 7) is 5.56. The summed E-state index contributed by atoms with van der Waals surface area (Å²) in [5, 5.41) is 3.71. The molecule has 7 nitrogen and oxygen atoms in total.